The van der Waals surface area contributed by atoms with Crippen LogP contribution >= 0.6 is 11.6 Å². The van der Waals surface area contributed by atoms with Crippen molar-refractivity contribution in [1.29, 1.82) is 0 Å². The van der Waals surface area contributed by atoms with Crippen molar-refractivity contribution < 1.29 is 28.8 Å². The van der Waals surface area contributed by atoms with Gasteiger partial charge in [-0.15, -0.1) is 0 Å². The average molecular weight is 435 g/mol. The van der Waals surface area contributed by atoms with Gasteiger partial charge in [-0.3, -0.25) is 34.2 Å². The molecule has 0 N–H and O–H groups in total. The summed E-state index contributed by atoms with van der Waals surface area (Å²) in [4.78, 5) is 60.7. The van der Waals surface area contributed by atoms with Gasteiger partial charge in [-0.25, -0.2) is 0 Å². The van der Waals surface area contributed by atoms with E-state index in [0.717, 1.165) is 30.2 Å². The molecule has 9 nitrogen and oxygen atoms in total. The number of nitro benzene ring substituents is 1. The first-order chi connectivity index (χ1) is 14.3. The molecule has 0 spiro atoms. The highest BCUT2D eigenvalue weighted by atomic mass is 35.5. The zero-order chi connectivity index (χ0) is 21.6. The normalized spacial score (nSPS) is 26.8. The number of nitro groups is 1. The van der Waals surface area contributed by atoms with Gasteiger partial charge in [0.1, 0.15) is 5.02 Å². The first-order valence-corrected chi connectivity index (χ1v) is 10.1. The molecule has 4 rings (SSSR count). The smallest absolute Gasteiger partial charge is 0.308 e. The van der Waals surface area contributed by atoms with Gasteiger partial charge in [0, 0.05) is 18.2 Å². The zero-order valence-corrected chi connectivity index (χ0v) is 16.7. The van der Waals surface area contributed by atoms with Gasteiger partial charge in [0.05, 0.1) is 23.2 Å². The summed E-state index contributed by atoms with van der Waals surface area (Å²) < 4.78 is 4.93. The quantitative estimate of drug-likeness (QED) is 0.212. The third kappa shape index (κ3) is 3.47. The van der Waals surface area contributed by atoms with Gasteiger partial charge in [0.2, 0.25) is 17.6 Å². The van der Waals surface area contributed by atoms with E-state index in [4.69, 9.17) is 16.3 Å². The highest BCUT2D eigenvalue weighted by Crippen LogP contribution is 2.56. The van der Waals surface area contributed by atoms with E-state index in [1.165, 1.54) is 12.1 Å². The van der Waals surface area contributed by atoms with Crippen LogP contribution in [0.2, 0.25) is 5.02 Å². The second-order valence-electron chi connectivity index (χ2n) is 7.97. The predicted octanol–water partition coefficient (Wildman–Crippen LogP) is 2.40. The van der Waals surface area contributed by atoms with Crippen LogP contribution in [0.15, 0.2) is 18.2 Å². The fraction of sp³-hybridized carbons (Fsp3) is 0.500. The molecule has 158 valence electrons. The van der Waals surface area contributed by atoms with Crippen molar-refractivity contribution in [2.75, 3.05) is 13.2 Å². The van der Waals surface area contributed by atoms with Gasteiger partial charge in [-0.05, 0) is 43.2 Å². The molecule has 2 bridgehead atoms. The van der Waals surface area contributed by atoms with Crippen LogP contribution in [0.5, 0.6) is 0 Å². The SMILES string of the molecule is O=C(CCN1C(=O)C2C3CCC(C3)C2C1=O)OCC(=O)c1ccc(Cl)c([N+](=O)[O-])c1. The molecule has 4 atom stereocenters. The van der Waals surface area contributed by atoms with E-state index in [-0.39, 0.29) is 59.0 Å². The number of nitrogens with zero attached hydrogens (tertiary/aromatic N) is 2. The second-order valence-corrected chi connectivity index (χ2v) is 8.38. The molecule has 2 amide bonds. The molecule has 1 aliphatic heterocycles. The first-order valence-electron chi connectivity index (χ1n) is 9.76. The van der Waals surface area contributed by atoms with Crippen LogP contribution in [0.25, 0.3) is 0 Å². The van der Waals surface area contributed by atoms with E-state index in [0.29, 0.717) is 0 Å². The van der Waals surface area contributed by atoms with Crippen LogP contribution in [0.4, 0.5) is 5.69 Å². The molecule has 1 aromatic rings. The Morgan fingerprint density at radius 3 is 2.40 bits per heavy atom. The lowest BCUT2D eigenvalue weighted by Crippen LogP contribution is -2.35. The summed E-state index contributed by atoms with van der Waals surface area (Å²) >= 11 is 5.71. The van der Waals surface area contributed by atoms with Crippen LogP contribution < -0.4 is 0 Å². The van der Waals surface area contributed by atoms with Gasteiger partial charge in [0.15, 0.2) is 6.61 Å². The number of Topliss-reactive ketones (excluding diaryl/α,β-unsaturated/α-hetero) is 1. The molecule has 30 heavy (non-hydrogen) atoms. The lowest BCUT2D eigenvalue weighted by atomic mass is 9.81. The number of ketones is 1. The van der Waals surface area contributed by atoms with Crippen molar-refractivity contribution in [2.45, 2.75) is 25.7 Å². The Morgan fingerprint density at radius 1 is 1.17 bits per heavy atom. The van der Waals surface area contributed by atoms with Crippen molar-refractivity contribution in [3.8, 4) is 0 Å². The van der Waals surface area contributed by atoms with E-state index in [1.54, 1.807) is 0 Å². The van der Waals surface area contributed by atoms with E-state index >= 15 is 0 Å². The number of rotatable bonds is 7. The van der Waals surface area contributed by atoms with Crippen molar-refractivity contribution in [2.24, 2.45) is 23.7 Å². The summed E-state index contributed by atoms with van der Waals surface area (Å²) in [6, 6.07) is 3.55. The summed E-state index contributed by atoms with van der Waals surface area (Å²) in [5, 5.41) is 10.8. The van der Waals surface area contributed by atoms with Crippen LogP contribution in [0, 0.1) is 33.8 Å². The maximum absolute atomic E-state index is 12.6. The molecule has 2 aliphatic carbocycles. The molecular weight excluding hydrogens is 416 g/mol. The minimum Gasteiger partial charge on any atom is -0.457 e. The van der Waals surface area contributed by atoms with E-state index in [9.17, 15) is 29.3 Å². The Morgan fingerprint density at radius 2 is 1.80 bits per heavy atom. The Bertz CT molecular complexity index is 934. The number of likely N-dealkylation sites (tertiary alicyclic amines) is 1. The number of fused-ring (bicyclic) bond motifs is 5. The molecule has 3 aliphatic rings. The third-order valence-electron chi connectivity index (χ3n) is 6.39. The minimum absolute atomic E-state index is 0.00732. The molecule has 3 fully saturated rings. The van der Waals surface area contributed by atoms with Crippen molar-refractivity contribution in [3.63, 3.8) is 0 Å². The number of ether oxygens (including phenoxy) is 1. The molecule has 0 radical (unpaired) electrons. The third-order valence-corrected chi connectivity index (χ3v) is 6.71. The van der Waals surface area contributed by atoms with Crippen molar-refractivity contribution >= 4 is 40.9 Å². The molecule has 4 unspecified atom stereocenters. The maximum Gasteiger partial charge on any atom is 0.308 e. The molecule has 1 aromatic carbocycles. The van der Waals surface area contributed by atoms with Gasteiger partial charge in [0.25, 0.3) is 5.69 Å². The van der Waals surface area contributed by atoms with Crippen LogP contribution in [0.3, 0.4) is 0 Å². The predicted molar refractivity (Wildman–Crippen MR) is 103 cm³/mol. The number of hydrogen-bond acceptors (Lipinski definition) is 7. The van der Waals surface area contributed by atoms with E-state index < -0.39 is 29.0 Å². The molecule has 1 saturated heterocycles. The number of amides is 2. The number of halogens is 1. The highest BCUT2D eigenvalue weighted by molar-refractivity contribution is 6.32. The first kappa shape index (κ1) is 20.5. The Kier molecular flexibility index (Phi) is 5.31. The largest absolute Gasteiger partial charge is 0.457 e. The number of carbonyl (C=O) groups excluding carboxylic acids is 4. The zero-order valence-electron chi connectivity index (χ0n) is 15.9. The Balaban J connectivity index is 1.29. The summed E-state index contributed by atoms with van der Waals surface area (Å²) in [5.74, 6) is -1.69. The Hall–Kier alpha value is -2.81. The molecule has 2 saturated carbocycles. The van der Waals surface area contributed by atoms with Gasteiger partial charge >= 0.3 is 5.97 Å². The minimum atomic E-state index is -0.729. The number of benzene rings is 1. The molecule has 10 heteroatoms. The molecular formula is C20H19ClN2O7. The average Bonchev–Trinajstić information content (AvgIpc) is 3.39. The highest BCUT2D eigenvalue weighted by Gasteiger charge is 2.60. The number of imide groups is 1. The lowest BCUT2D eigenvalue weighted by Gasteiger charge is -2.19. The van der Waals surface area contributed by atoms with Crippen molar-refractivity contribution in [1.82, 2.24) is 4.90 Å². The maximum atomic E-state index is 12.6. The molecule has 0 aromatic heterocycles. The van der Waals surface area contributed by atoms with Crippen LogP contribution in [-0.4, -0.2) is 46.5 Å². The Labute approximate surface area is 176 Å². The summed E-state index contributed by atoms with van der Waals surface area (Å²) in [5.41, 5.74) is -0.425. The topological polar surface area (TPSA) is 124 Å². The van der Waals surface area contributed by atoms with Crippen LogP contribution in [0.1, 0.15) is 36.0 Å². The fourth-order valence-electron chi connectivity index (χ4n) is 5.02. The second kappa shape index (κ2) is 7.79. The lowest BCUT2D eigenvalue weighted by molar-refractivity contribution is -0.384. The van der Waals surface area contributed by atoms with Gasteiger partial charge in [-0.2, -0.15) is 0 Å². The standard InChI is InChI=1S/C20H19ClN2O7/c21-13-4-3-10(8-14(13)23(28)29)15(24)9-30-16(25)5-6-22-19(26)17-11-1-2-12(7-11)18(17)20(22)27/h3-4,8,11-12,17-18H,1-2,5-7,9H2. The number of hydrogen-bond donors (Lipinski definition) is 0. The number of esters is 1. The monoisotopic (exact) mass is 434 g/mol. The van der Waals surface area contributed by atoms with Crippen LogP contribution in [-0.2, 0) is 19.1 Å². The summed E-state index contributed by atoms with van der Waals surface area (Å²) in [7, 11) is 0. The van der Waals surface area contributed by atoms with E-state index in [2.05, 4.69) is 0 Å². The van der Waals surface area contributed by atoms with E-state index in [1.807, 2.05) is 0 Å². The number of carbonyl (C=O) groups is 4. The fourth-order valence-corrected chi connectivity index (χ4v) is 5.21. The van der Waals surface area contributed by atoms with Gasteiger partial charge in [-0.1, -0.05) is 11.6 Å². The summed E-state index contributed by atoms with van der Waals surface area (Å²) in [6.45, 7) is -0.668. The summed E-state index contributed by atoms with van der Waals surface area (Å²) in [6.07, 6.45) is 2.69. The van der Waals surface area contributed by atoms with Crippen molar-refractivity contribution in [3.05, 3.63) is 38.9 Å². The molecule has 1 heterocycles. The van der Waals surface area contributed by atoms with Gasteiger partial charge < -0.3 is 4.74 Å².